The Morgan fingerprint density at radius 1 is 1.29 bits per heavy atom. The highest BCUT2D eigenvalue weighted by Crippen LogP contribution is 2.16. The summed E-state index contributed by atoms with van der Waals surface area (Å²) in [7, 11) is 0. The van der Waals surface area contributed by atoms with Gasteiger partial charge >= 0.3 is 0 Å². The van der Waals surface area contributed by atoms with Crippen LogP contribution in [0.4, 0.5) is 0 Å². The van der Waals surface area contributed by atoms with E-state index >= 15 is 0 Å². The monoisotopic (exact) mass is 179 g/mol. The summed E-state index contributed by atoms with van der Waals surface area (Å²) in [5, 5.41) is 8.73. The van der Waals surface area contributed by atoms with Crippen molar-refractivity contribution < 1.29 is 0 Å². The van der Waals surface area contributed by atoms with Crippen LogP contribution in [0.3, 0.4) is 0 Å². The second-order valence-corrected chi connectivity index (χ2v) is 2.84. The summed E-state index contributed by atoms with van der Waals surface area (Å²) in [6, 6.07) is 16.0. The van der Waals surface area contributed by atoms with Crippen molar-refractivity contribution in [2.24, 2.45) is 0 Å². The van der Waals surface area contributed by atoms with E-state index in [2.05, 4.69) is 17.1 Å². The lowest BCUT2D eigenvalue weighted by Gasteiger charge is -1.99. The zero-order chi connectivity index (χ0) is 9.80. The lowest BCUT2D eigenvalue weighted by molar-refractivity contribution is 1.32. The van der Waals surface area contributed by atoms with Gasteiger partial charge in [0, 0.05) is 17.8 Å². The third kappa shape index (κ3) is 1.62. The second kappa shape index (κ2) is 3.71. The number of hydrogen-bond acceptors (Lipinski definition) is 2. The fourth-order valence-corrected chi connectivity index (χ4v) is 1.24. The van der Waals surface area contributed by atoms with E-state index in [1.165, 1.54) is 0 Å². The van der Waals surface area contributed by atoms with E-state index in [9.17, 15) is 0 Å². The normalized spacial score (nSPS) is 9.36. The summed E-state index contributed by atoms with van der Waals surface area (Å²) in [5.74, 6) is 0. The Morgan fingerprint density at radius 3 is 2.93 bits per heavy atom. The van der Waals surface area contributed by atoms with E-state index in [0.717, 1.165) is 11.3 Å². The highest BCUT2D eigenvalue weighted by Gasteiger charge is 1.98. The molecule has 0 unspecified atom stereocenters. The van der Waals surface area contributed by atoms with Gasteiger partial charge in [-0.1, -0.05) is 18.2 Å². The quantitative estimate of drug-likeness (QED) is 0.674. The van der Waals surface area contributed by atoms with Crippen molar-refractivity contribution in [2.45, 2.75) is 0 Å². The Labute approximate surface area is 82.5 Å². The number of pyridine rings is 1. The minimum absolute atomic E-state index is 0.650. The predicted octanol–water partition coefficient (Wildman–Crippen LogP) is 2.42. The molecule has 1 aromatic heterocycles. The molecule has 0 saturated heterocycles. The average molecular weight is 179 g/mol. The molecular formula is C12H7N2. The van der Waals surface area contributed by atoms with Crippen molar-refractivity contribution in [1.29, 1.82) is 5.26 Å². The molecule has 0 aliphatic heterocycles. The van der Waals surface area contributed by atoms with Gasteiger partial charge in [-0.05, 0) is 18.2 Å². The molecule has 2 heteroatoms. The number of nitriles is 1. The second-order valence-electron chi connectivity index (χ2n) is 2.84. The lowest BCUT2D eigenvalue weighted by atomic mass is 10.1. The van der Waals surface area contributed by atoms with Crippen LogP contribution in [-0.4, -0.2) is 4.98 Å². The molecule has 2 aromatic rings. The maximum atomic E-state index is 8.73. The Morgan fingerprint density at radius 2 is 2.21 bits per heavy atom. The molecule has 1 heterocycles. The summed E-state index contributed by atoms with van der Waals surface area (Å²) in [6.45, 7) is 0. The first-order valence-electron chi connectivity index (χ1n) is 4.23. The van der Waals surface area contributed by atoms with Gasteiger partial charge in [0.25, 0.3) is 0 Å². The summed E-state index contributed by atoms with van der Waals surface area (Å²) in [5.41, 5.74) is 2.47. The number of aromatic nitrogens is 1. The molecule has 1 radical (unpaired) electrons. The molecule has 0 amide bonds. The number of hydrogen-bond donors (Lipinski definition) is 0. The van der Waals surface area contributed by atoms with Crippen LogP contribution in [0.15, 0.2) is 42.6 Å². The minimum Gasteiger partial charge on any atom is -0.256 e. The predicted molar refractivity (Wildman–Crippen MR) is 53.2 cm³/mol. The molecule has 0 N–H and O–H groups in total. The standard InChI is InChI=1S/C12H7N2/c13-9-10-4-3-5-11(8-10)12-6-1-2-7-14-12/h1,3-8H. The molecule has 2 nitrogen and oxygen atoms in total. The topological polar surface area (TPSA) is 36.7 Å². The fraction of sp³-hybridized carbons (Fsp3) is 0. The molecule has 0 aliphatic carbocycles. The molecule has 0 atom stereocenters. The Bertz CT molecular complexity index is 469. The van der Waals surface area contributed by atoms with E-state index in [0.29, 0.717) is 5.56 Å². The largest absolute Gasteiger partial charge is 0.256 e. The van der Waals surface area contributed by atoms with E-state index < -0.39 is 0 Å². The van der Waals surface area contributed by atoms with Crippen LogP contribution >= 0.6 is 0 Å². The molecule has 0 fully saturated rings. The van der Waals surface area contributed by atoms with Gasteiger partial charge in [-0.25, -0.2) is 0 Å². The average Bonchev–Trinajstić information content (AvgIpc) is 2.30. The van der Waals surface area contributed by atoms with Crippen LogP contribution in [0.5, 0.6) is 0 Å². The Kier molecular flexibility index (Phi) is 2.24. The summed E-state index contributed by atoms with van der Waals surface area (Å²) >= 11 is 0. The van der Waals surface area contributed by atoms with Crippen molar-refractivity contribution in [3.63, 3.8) is 0 Å². The first kappa shape index (κ1) is 8.46. The number of benzene rings is 1. The Balaban J connectivity index is 2.49. The molecule has 0 aliphatic rings. The maximum absolute atomic E-state index is 8.73. The van der Waals surface area contributed by atoms with Crippen molar-refractivity contribution in [3.8, 4) is 17.3 Å². The van der Waals surface area contributed by atoms with Crippen LogP contribution in [-0.2, 0) is 0 Å². The van der Waals surface area contributed by atoms with E-state index in [-0.39, 0.29) is 0 Å². The third-order valence-electron chi connectivity index (χ3n) is 1.90. The first-order chi connectivity index (χ1) is 6.90. The van der Waals surface area contributed by atoms with Crippen molar-refractivity contribution in [3.05, 3.63) is 54.2 Å². The summed E-state index contributed by atoms with van der Waals surface area (Å²) in [4.78, 5) is 4.16. The molecule has 14 heavy (non-hydrogen) atoms. The minimum atomic E-state index is 0.650. The molecule has 0 spiro atoms. The van der Waals surface area contributed by atoms with Crippen LogP contribution in [0.1, 0.15) is 5.56 Å². The van der Waals surface area contributed by atoms with Gasteiger partial charge in [-0.2, -0.15) is 5.26 Å². The maximum Gasteiger partial charge on any atom is 0.0991 e. The molecule has 0 bridgehead atoms. The molecule has 2 rings (SSSR count). The highest BCUT2D eigenvalue weighted by atomic mass is 14.7. The third-order valence-corrected chi connectivity index (χ3v) is 1.90. The Hall–Kier alpha value is -2.14. The van der Waals surface area contributed by atoms with E-state index in [4.69, 9.17) is 5.26 Å². The van der Waals surface area contributed by atoms with Gasteiger partial charge in [0.2, 0.25) is 0 Å². The molecular weight excluding hydrogens is 172 g/mol. The van der Waals surface area contributed by atoms with Crippen molar-refractivity contribution in [1.82, 2.24) is 4.98 Å². The van der Waals surface area contributed by atoms with Crippen LogP contribution < -0.4 is 0 Å². The fourth-order valence-electron chi connectivity index (χ4n) is 1.24. The molecule has 65 valence electrons. The van der Waals surface area contributed by atoms with Gasteiger partial charge in [-0.15, -0.1) is 0 Å². The van der Waals surface area contributed by atoms with E-state index in [1.54, 1.807) is 18.3 Å². The van der Waals surface area contributed by atoms with Crippen molar-refractivity contribution >= 4 is 0 Å². The number of rotatable bonds is 1. The van der Waals surface area contributed by atoms with Crippen molar-refractivity contribution in [2.75, 3.05) is 0 Å². The molecule has 0 saturated carbocycles. The van der Waals surface area contributed by atoms with Gasteiger partial charge in [0.05, 0.1) is 17.3 Å². The first-order valence-corrected chi connectivity index (χ1v) is 4.23. The van der Waals surface area contributed by atoms with Crippen LogP contribution in [0.25, 0.3) is 11.3 Å². The SMILES string of the molecule is N#Cc1cccc(-c2cc[c]cn2)c1. The van der Waals surface area contributed by atoms with Gasteiger partial charge in [0.15, 0.2) is 0 Å². The summed E-state index contributed by atoms with van der Waals surface area (Å²) < 4.78 is 0. The van der Waals surface area contributed by atoms with Crippen LogP contribution in [0, 0.1) is 17.4 Å². The lowest BCUT2D eigenvalue weighted by Crippen LogP contribution is -1.82. The van der Waals surface area contributed by atoms with Gasteiger partial charge < -0.3 is 0 Å². The highest BCUT2D eigenvalue weighted by molar-refractivity contribution is 5.60. The number of nitrogens with zero attached hydrogens (tertiary/aromatic N) is 2. The zero-order valence-electron chi connectivity index (χ0n) is 7.44. The smallest absolute Gasteiger partial charge is 0.0991 e. The van der Waals surface area contributed by atoms with E-state index in [1.807, 2.05) is 24.3 Å². The zero-order valence-corrected chi connectivity index (χ0v) is 7.44. The van der Waals surface area contributed by atoms with Gasteiger partial charge in [0.1, 0.15) is 0 Å². The van der Waals surface area contributed by atoms with Gasteiger partial charge in [-0.3, -0.25) is 4.98 Å². The summed E-state index contributed by atoms with van der Waals surface area (Å²) in [6.07, 6.45) is 1.62. The van der Waals surface area contributed by atoms with Crippen LogP contribution in [0.2, 0.25) is 0 Å². The molecule has 1 aromatic carbocycles.